The summed E-state index contributed by atoms with van der Waals surface area (Å²) in [5, 5.41) is 22.4. The minimum absolute atomic E-state index is 0.147. The summed E-state index contributed by atoms with van der Waals surface area (Å²) in [6.07, 6.45) is -4.54. The fraction of sp³-hybridized carbons (Fsp3) is 0.350. The van der Waals surface area contributed by atoms with Gasteiger partial charge in [0.05, 0.1) is 10.5 Å². The number of ether oxygens (including phenoxy) is 1. The fourth-order valence-corrected chi connectivity index (χ4v) is 3.54. The lowest BCUT2D eigenvalue weighted by Crippen LogP contribution is -2.42. The standard InChI is InChI=1S/C20H19F3N2O5/c1-13(26)14-5-6-17(18(11-14)25(28)29)24-9-7-19(27,8-10-24)15-3-2-4-16(12-15)30-20(21,22)23/h2-6,11-12,27H,7-10H2,1H3. The van der Waals surface area contributed by atoms with E-state index in [0.29, 0.717) is 5.69 Å². The number of nitrogens with zero attached hydrogens (tertiary/aromatic N) is 2. The quantitative estimate of drug-likeness (QED) is 0.440. The lowest BCUT2D eigenvalue weighted by molar-refractivity contribution is -0.384. The first-order chi connectivity index (χ1) is 14.0. The molecule has 1 saturated heterocycles. The van der Waals surface area contributed by atoms with E-state index in [-0.39, 0.29) is 48.5 Å². The van der Waals surface area contributed by atoms with Crippen molar-refractivity contribution in [3.8, 4) is 5.75 Å². The minimum atomic E-state index is -4.84. The average Bonchev–Trinajstić information content (AvgIpc) is 2.67. The number of alkyl halides is 3. The lowest BCUT2D eigenvalue weighted by atomic mass is 9.84. The van der Waals surface area contributed by atoms with E-state index in [1.807, 2.05) is 0 Å². The zero-order valence-corrected chi connectivity index (χ0v) is 16.0. The molecule has 1 fully saturated rings. The van der Waals surface area contributed by atoms with Gasteiger partial charge in [-0.05, 0) is 49.6 Å². The van der Waals surface area contributed by atoms with Crippen molar-refractivity contribution < 1.29 is 32.7 Å². The number of rotatable bonds is 5. The van der Waals surface area contributed by atoms with E-state index < -0.39 is 22.6 Å². The monoisotopic (exact) mass is 424 g/mol. The first kappa shape index (κ1) is 21.6. The van der Waals surface area contributed by atoms with Crippen LogP contribution in [-0.2, 0) is 5.60 Å². The van der Waals surface area contributed by atoms with Crippen LogP contribution in [0.5, 0.6) is 5.75 Å². The van der Waals surface area contributed by atoms with Gasteiger partial charge in [0, 0.05) is 24.7 Å². The molecule has 2 aromatic rings. The minimum Gasteiger partial charge on any atom is -0.406 e. The Kier molecular flexibility index (Phi) is 5.71. The van der Waals surface area contributed by atoms with Gasteiger partial charge in [0.25, 0.3) is 5.69 Å². The number of halogens is 3. The molecule has 7 nitrogen and oxygen atoms in total. The number of hydrogen-bond donors (Lipinski definition) is 1. The summed E-state index contributed by atoms with van der Waals surface area (Å²) in [7, 11) is 0. The SMILES string of the molecule is CC(=O)c1ccc(N2CCC(O)(c3cccc(OC(F)(F)F)c3)CC2)c([N+](=O)[O-])c1. The molecule has 160 valence electrons. The Hall–Kier alpha value is -3.14. The van der Waals surface area contributed by atoms with E-state index in [1.54, 1.807) is 4.90 Å². The molecule has 0 atom stereocenters. The molecule has 0 aliphatic carbocycles. The largest absolute Gasteiger partial charge is 0.573 e. The topological polar surface area (TPSA) is 92.9 Å². The predicted octanol–water partition coefficient (Wildman–Crippen LogP) is 4.18. The second kappa shape index (κ2) is 7.94. The molecule has 0 unspecified atom stereocenters. The molecule has 0 saturated carbocycles. The third-order valence-electron chi connectivity index (χ3n) is 5.11. The van der Waals surface area contributed by atoms with Gasteiger partial charge in [0.15, 0.2) is 5.78 Å². The van der Waals surface area contributed by atoms with Gasteiger partial charge in [0.2, 0.25) is 0 Å². The normalized spacial score (nSPS) is 16.2. The summed E-state index contributed by atoms with van der Waals surface area (Å²) >= 11 is 0. The maximum absolute atomic E-state index is 12.5. The number of anilines is 1. The summed E-state index contributed by atoms with van der Waals surface area (Å²) in [5.41, 5.74) is -0.782. The van der Waals surface area contributed by atoms with Gasteiger partial charge in [-0.15, -0.1) is 13.2 Å². The molecule has 0 radical (unpaired) electrons. The highest BCUT2D eigenvalue weighted by atomic mass is 19.4. The second-order valence-corrected chi connectivity index (χ2v) is 7.11. The van der Waals surface area contributed by atoms with Crippen molar-refractivity contribution >= 4 is 17.2 Å². The van der Waals surface area contributed by atoms with Crippen LogP contribution in [0, 0.1) is 10.1 Å². The van der Waals surface area contributed by atoms with Crippen LogP contribution in [0.3, 0.4) is 0 Å². The van der Waals surface area contributed by atoms with Crippen LogP contribution in [0.2, 0.25) is 0 Å². The summed E-state index contributed by atoms with van der Waals surface area (Å²) in [5.74, 6) is -0.718. The Morgan fingerprint density at radius 1 is 1.20 bits per heavy atom. The first-order valence-corrected chi connectivity index (χ1v) is 9.11. The number of nitro benzene ring substituents is 1. The van der Waals surface area contributed by atoms with Crippen LogP contribution in [0.1, 0.15) is 35.7 Å². The van der Waals surface area contributed by atoms with Crippen LogP contribution in [0.15, 0.2) is 42.5 Å². The molecule has 3 rings (SSSR count). The van der Waals surface area contributed by atoms with Gasteiger partial charge in [0.1, 0.15) is 11.4 Å². The number of nitro groups is 1. The van der Waals surface area contributed by atoms with Gasteiger partial charge in [-0.1, -0.05) is 12.1 Å². The number of piperidine rings is 1. The second-order valence-electron chi connectivity index (χ2n) is 7.11. The molecular formula is C20H19F3N2O5. The number of carbonyl (C=O) groups is 1. The number of hydrogen-bond acceptors (Lipinski definition) is 6. The summed E-state index contributed by atoms with van der Waals surface area (Å²) < 4.78 is 41.3. The van der Waals surface area contributed by atoms with Crippen LogP contribution in [-0.4, -0.2) is 35.3 Å². The Morgan fingerprint density at radius 3 is 2.43 bits per heavy atom. The highest BCUT2D eigenvalue weighted by Gasteiger charge is 2.37. The van der Waals surface area contributed by atoms with E-state index in [0.717, 1.165) is 12.1 Å². The molecule has 0 aromatic heterocycles. The van der Waals surface area contributed by atoms with Crippen molar-refractivity contribution in [3.63, 3.8) is 0 Å². The van der Waals surface area contributed by atoms with Crippen LogP contribution in [0.4, 0.5) is 24.5 Å². The van der Waals surface area contributed by atoms with Crippen LogP contribution < -0.4 is 9.64 Å². The number of ketones is 1. The molecule has 2 aromatic carbocycles. The van der Waals surface area contributed by atoms with E-state index in [2.05, 4.69) is 4.74 Å². The molecule has 30 heavy (non-hydrogen) atoms. The zero-order chi connectivity index (χ0) is 22.1. The molecule has 0 amide bonds. The van der Waals surface area contributed by atoms with Gasteiger partial charge in [-0.3, -0.25) is 14.9 Å². The van der Waals surface area contributed by atoms with Crippen molar-refractivity contribution in [2.24, 2.45) is 0 Å². The molecular weight excluding hydrogens is 405 g/mol. The fourth-order valence-electron chi connectivity index (χ4n) is 3.54. The van der Waals surface area contributed by atoms with Crippen molar-refractivity contribution in [1.82, 2.24) is 0 Å². The predicted molar refractivity (Wildman–Crippen MR) is 102 cm³/mol. The number of benzene rings is 2. The molecule has 1 aliphatic heterocycles. The highest BCUT2D eigenvalue weighted by molar-refractivity contribution is 5.95. The van der Waals surface area contributed by atoms with Crippen molar-refractivity contribution in [3.05, 3.63) is 63.7 Å². The van der Waals surface area contributed by atoms with Gasteiger partial charge >= 0.3 is 6.36 Å². The molecule has 10 heteroatoms. The maximum atomic E-state index is 12.5. The number of aliphatic hydroxyl groups is 1. The van der Waals surface area contributed by atoms with Crippen LogP contribution >= 0.6 is 0 Å². The smallest absolute Gasteiger partial charge is 0.406 e. The number of carbonyl (C=O) groups excluding carboxylic acids is 1. The van der Waals surface area contributed by atoms with Crippen molar-refractivity contribution in [1.29, 1.82) is 0 Å². The molecule has 0 bridgehead atoms. The lowest BCUT2D eigenvalue weighted by Gasteiger charge is -2.39. The third-order valence-corrected chi connectivity index (χ3v) is 5.11. The molecule has 1 heterocycles. The molecule has 1 N–H and O–H groups in total. The van der Waals surface area contributed by atoms with Gasteiger partial charge in [-0.25, -0.2) is 0 Å². The molecule has 0 spiro atoms. The molecule has 1 aliphatic rings. The Bertz CT molecular complexity index is 969. The van der Waals surface area contributed by atoms with E-state index in [1.165, 1.54) is 37.3 Å². The first-order valence-electron chi connectivity index (χ1n) is 9.11. The Labute approximate surface area is 169 Å². The zero-order valence-electron chi connectivity index (χ0n) is 16.0. The average molecular weight is 424 g/mol. The van der Waals surface area contributed by atoms with Gasteiger partial charge < -0.3 is 14.7 Å². The summed E-state index contributed by atoms with van der Waals surface area (Å²) in [6, 6.07) is 9.40. The Morgan fingerprint density at radius 2 is 1.87 bits per heavy atom. The Balaban J connectivity index is 1.80. The summed E-state index contributed by atoms with van der Waals surface area (Å²) in [6.45, 7) is 1.79. The van der Waals surface area contributed by atoms with Crippen LogP contribution in [0.25, 0.3) is 0 Å². The van der Waals surface area contributed by atoms with Gasteiger partial charge in [-0.2, -0.15) is 0 Å². The summed E-state index contributed by atoms with van der Waals surface area (Å²) in [4.78, 5) is 24.1. The van der Waals surface area contributed by atoms with E-state index >= 15 is 0 Å². The third kappa shape index (κ3) is 4.70. The highest BCUT2D eigenvalue weighted by Crippen LogP contribution is 2.39. The van der Waals surface area contributed by atoms with E-state index in [9.17, 15) is 33.2 Å². The number of Topliss-reactive ketones (excluding diaryl/α,β-unsaturated/α-hetero) is 1. The maximum Gasteiger partial charge on any atom is 0.573 e. The van der Waals surface area contributed by atoms with E-state index in [4.69, 9.17) is 0 Å². The van der Waals surface area contributed by atoms with Crippen molar-refractivity contribution in [2.75, 3.05) is 18.0 Å². The van der Waals surface area contributed by atoms with Crippen molar-refractivity contribution in [2.45, 2.75) is 31.7 Å².